The molecule has 1 saturated heterocycles. The number of hydrogen-bond donors (Lipinski definition) is 1. The first-order valence-electron chi connectivity index (χ1n) is 8.51. The van der Waals surface area contributed by atoms with Crippen molar-refractivity contribution in [2.45, 2.75) is 25.5 Å². The largest absolute Gasteiger partial charge is 0.488 e. The van der Waals surface area contributed by atoms with Crippen molar-refractivity contribution in [2.24, 2.45) is 5.92 Å². The molecule has 4 rings (SSSR count). The lowest BCUT2D eigenvalue weighted by atomic mass is 10.1. The number of hydrogen-bond acceptors (Lipinski definition) is 4. The fourth-order valence-corrected chi connectivity index (χ4v) is 3.42. The van der Waals surface area contributed by atoms with Crippen molar-refractivity contribution in [3.05, 3.63) is 54.0 Å². The molecule has 6 heteroatoms. The van der Waals surface area contributed by atoms with Gasteiger partial charge in [-0.1, -0.05) is 18.2 Å². The quantitative estimate of drug-likeness (QED) is 0.900. The number of fused-ring (bicyclic) bond motifs is 1. The van der Waals surface area contributed by atoms with Gasteiger partial charge in [0, 0.05) is 19.4 Å². The number of amides is 2. The number of carbonyl (C=O) groups excluding carboxylic acids is 2. The molecule has 25 heavy (non-hydrogen) atoms. The summed E-state index contributed by atoms with van der Waals surface area (Å²) in [6, 6.07) is 11.5. The minimum atomic E-state index is -0.314. The first-order chi connectivity index (χ1) is 12.2. The highest BCUT2D eigenvalue weighted by molar-refractivity contribution is 5.89. The van der Waals surface area contributed by atoms with Crippen LogP contribution in [0.15, 0.2) is 47.1 Å². The van der Waals surface area contributed by atoms with Gasteiger partial charge in [0.05, 0.1) is 25.3 Å². The fraction of sp³-hybridized carbons (Fsp3) is 0.368. The predicted molar refractivity (Wildman–Crippen MR) is 89.8 cm³/mol. The first-order valence-corrected chi connectivity index (χ1v) is 8.51. The van der Waals surface area contributed by atoms with Crippen molar-refractivity contribution < 1.29 is 18.7 Å². The van der Waals surface area contributed by atoms with Crippen molar-refractivity contribution in [1.82, 2.24) is 10.2 Å². The van der Waals surface area contributed by atoms with Crippen LogP contribution in [0.3, 0.4) is 0 Å². The lowest BCUT2D eigenvalue weighted by Gasteiger charge is -2.16. The summed E-state index contributed by atoms with van der Waals surface area (Å²) in [6.07, 6.45) is 2.58. The Morgan fingerprint density at radius 1 is 1.20 bits per heavy atom. The molecule has 0 radical (unpaired) electrons. The summed E-state index contributed by atoms with van der Waals surface area (Å²) in [6.45, 7) is 1.30. The van der Waals surface area contributed by atoms with Crippen molar-refractivity contribution >= 4 is 11.8 Å². The molecule has 1 aromatic heterocycles. The third kappa shape index (κ3) is 3.38. The van der Waals surface area contributed by atoms with Gasteiger partial charge < -0.3 is 19.4 Å². The molecule has 2 unspecified atom stereocenters. The van der Waals surface area contributed by atoms with E-state index in [4.69, 9.17) is 9.15 Å². The van der Waals surface area contributed by atoms with Crippen LogP contribution in [0.1, 0.15) is 17.7 Å². The number of nitrogens with zero attached hydrogens (tertiary/aromatic N) is 1. The minimum Gasteiger partial charge on any atom is -0.488 e. The monoisotopic (exact) mass is 340 g/mol. The lowest BCUT2D eigenvalue weighted by molar-refractivity contribution is -0.129. The van der Waals surface area contributed by atoms with Crippen molar-refractivity contribution in [1.29, 1.82) is 0 Å². The molecule has 0 aliphatic carbocycles. The standard InChI is InChI=1S/C19H20N2O4/c22-18-9-14(11-21(18)12-15-5-3-7-24-15)19(23)20-10-16-8-13-4-1-2-6-17(13)25-16/h1-7,14,16H,8-12H2,(H,20,23). The smallest absolute Gasteiger partial charge is 0.225 e. The molecule has 2 aliphatic heterocycles. The molecule has 1 N–H and O–H groups in total. The molecule has 1 aromatic carbocycles. The molecule has 6 nitrogen and oxygen atoms in total. The van der Waals surface area contributed by atoms with E-state index in [1.165, 1.54) is 5.56 Å². The van der Waals surface area contributed by atoms with E-state index in [0.717, 1.165) is 17.9 Å². The molecule has 0 bridgehead atoms. The summed E-state index contributed by atoms with van der Waals surface area (Å²) in [5, 5.41) is 2.94. The van der Waals surface area contributed by atoms with Crippen LogP contribution in [0.25, 0.3) is 0 Å². The Morgan fingerprint density at radius 3 is 2.88 bits per heavy atom. The molecule has 2 atom stereocenters. The maximum Gasteiger partial charge on any atom is 0.225 e. The van der Waals surface area contributed by atoms with Crippen LogP contribution in [-0.4, -0.2) is 35.9 Å². The molecule has 2 amide bonds. The number of furan rings is 1. The highest BCUT2D eigenvalue weighted by Crippen LogP contribution is 2.28. The van der Waals surface area contributed by atoms with Gasteiger partial charge in [0.1, 0.15) is 17.6 Å². The topological polar surface area (TPSA) is 71.8 Å². The number of carbonyl (C=O) groups is 2. The van der Waals surface area contributed by atoms with Gasteiger partial charge in [0.25, 0.3) is 0 Å². The number of likely N-dealkylation sites (tertiary alicyclic amines) is 1. The van der Waals surface area contributed by atoms with Gasteiger partial charge in [0.2, 0.25) is 11.8 Å². The zero-order valence-corrected chi connectivity index (χ0v) is 13.8. The summed E-state index contributed by atoms with van der Waals surface area (Å²) < 4.78 is 11.1. The third-order valence-electron chi connectivity index (χ3n) is 4.73. The summed E-state index contributed by atoms with van der Waals surface area (Å²) in [4.78, 5) is 26.2. The van der Waals surface area contributed by atoms with Gasteiger partial charge in [-0.25, -0.2) is 0 Å². The molecule has 3 heterocycles. The molecule has 130 valence electrons. The van der Waals surface area contributed by atoms with Gasteiger partial charge in [-0.15, -0.1) is 0 Å². The maximum absolute atomic E-state index is 12.4. The zero-order valence-electron chi connectivity index (χ0n) is 13.8. The average molecular weight is 340 g/mol. The second-order valence-electron chi connectivity index (χ2n) is 6.55. The Morgan fingerprint density at radius 2 is 2.08 bits per heavy atom. The average Bonchev–Trinajstić information content (AvgIpc) is 3.33. The number of ether oxygens (including phenoxy) is 1. The summed E-state index contributed by atoms with van der Waals surface area (Å²) in [5.41, 5.74) is 1.17. The van der Waals surface area contributed by atoms with Gasteiger partial charge in [-0.2, -0.15) is 0 Å². The number of benzene rings is 1. The summed E-state index contributed by atoms with van der Waals surface area (Å²) in [5.74, 6) is 1.20. The second-order valence-corrected chi connectivity index (χ2v) is 6.55. The van der Waals surface area contributed by atoms with Crippen LogP contribution < -0.4 is 10.1 Å². The fourth-order valence-electron chi connectivity index (χ4n) is 3.42. The zero-order chi connectivity index (χ0) is 17.2. The number of nitrogens with one attached hydrogen (secondary N) is 1. The lowest BCUT2D eigenvalue weighted by Crippen LogP contribution is -2.38. The molecule has 0 saturated carbocycles. The normalized spacial score (nSPS) is 21.9. The Bertz CT molecular complexity index is 746. The van der Waals surface area contributed by atoms with Crippen molar-refractivity contribution in [3.8, 4) is 5.75 Å². The number of rotatable bonds is 5. The Labute approximate surface area is 145 Å². The van der Waals surface area contributed by atoms with Gasteiger partial charge in [-0.3, -0.25) is 9.59 Å². The SMILES string of the molecule is O=C(NCC1Cc2ccccc2O1)C1CC(=O)N(Cc2ccco2)C1. The van der Waals surface area contributed by atoms with E-state index < -0.39 is 0 Å². The van der Waals surface area contributed by atoms with Crippen LogP contribution >= 0.6 is 0 Å². The molecular formula is C19H20N2O4. The molecular weight excluding hydrogens is 320 g/mol. The Hall–Kier alpha value is -2.76. The van der Waals surface area contributed by atoms with Gasteiger partial charge >= 0.3 is 0 Å². The van der Waals surface area contributed by atoms with Gasteiger partial charge in [0.15, 0.2) is 0 Å². The van der Waals surface area contributed by atoms with Gasteiger partial charge in [-0.05, 0) is 23.8 Å². The van der Waals surface area contributed by atoms with Crippen LogP contribution in [0, 0.1) is 5.92 Å². The van der Waals surface area contributed by atoms with E-state index in [1.807, 2.05) is 30.3 Å². The highest BCUT2D eigenvalue weighted by atomic mass is 16.5. The first kappa shape index (κ1) is 15.7. The van der Waals surface area contributed by atoms with E-state index >= 15 is 0 Å². The van der Waals surface area contributed by atoms with Crippen LogP contribution in [-0.2, 0) is 22.6 Å². The van der Waals surface area contributed by atoms with E-state index in [-0.39, 0.29) is 30.3 Å². The van der Waals surface area contributed by atoms with Crippen LogP contribution in [0.5, 0.6) is 5.75 Å². The van der Waals surface area contributed by atoms with Crippen molar-refractivity contribution in [2.75, 3.05) is 13.1 Å². The predicted octanol–water partition coefficient (Wildman–Crippen LogP) is 1.75. The molecule has 0 spiro atoms. The summed E-state index contributed by atoms with van der Waals surface area (Å²) in [7, 11) is 0. The molecule has 1 fully saturated rings. The highest BCUT2D eigenvalue weighted by Gasteiger charge is 2.35. The van der Waals surface area contributed by atoms with E-state index in [2.05, 4.69) is 5.32 Å². The second kappa shape index (κ2) is 6.63. The van der Waals surface area contributed by atoms with E-state index in [9.17, 15) is 9.59 Å². The Balaban J connectivity index is 1.27. The maximum atomic E-state index is 12.4. The Kier molecular flexibility index (Phi) is 4.17. The van der Waals surface area contributed by atoms with E-state index in [0.29, 0.717) is 19.6 Å². The van der Waals surface area contributed by atoms with Crippen LogP contribution in [0.4, 0.5) is 0 Å². The third-order valence-corrected chi connectivity index (χ3v) is 4.73. The van der Waals surface area contributed by atoms with Crippen molar-refractivity contribution in [3.63, 3.8) is 0 Å². The number of para-hydroxylation sites is 1. The molecule has 2 aliphatic rings. The molecule has 2 aromatic rings. The minimum absolute atomic E-state index is 0.0129. The van der Waals surface area contributed by atoms with Crippen LogP contribution in [0.2, 0.25) is 0 Å². The summed E-state index contributed by atoms with van der Waals surface area (Å²) >= 11 is 0. The van der Waals surface area contributed by atoms with E-state index in [1.54, 1.807) is 17.2 Å².